The summed E-state index contributed by atoms with van der Waals surface area (Å²) in [5.41, 5.74) is 5.57. The second-order valence-corrected chi connectivity index (χ2v) is 7.42. The SMILES string of the molecule is CC(C)(C(N)=S)N1CCN(C(=O)CCC2CCCC2)CC1. The number of rotatable bonds is 5. The Bertz CT molecular complexity index is 383. The topological polar surface area (TPSA) is 49.6 Å². The second kappa shape index (κ2) is 7.05. The van der Waals surface area contributed by atoms with E-state index < -0.39 is 0 Å². The summed E-state index contributed by atoms with van der Waals surface area (Å²) in [4.78, 5) is 17.1. The third kappa shape index (κ3) is 4.16. The van der Waals surface area contributed by atoms with Gasteiger partial charge in [0.1, 0.15) is 0 Å². The van der Waals surface area contributed by atoms with E-state index in [1.165, 1.54) is 25.7 Å². The minimum absolute atomic E-state index is 0.256. The van der Waals surface area contributed by atoms with Crippen molar-refractivity contribution < 1.29 is 4.79 Å². The lowest BCUT2D eigenvalue weighted by Gasteiger charge is -2.43. The van der Waals surface area contributed by atoms with Crippen LogP contribution in [0.15, 0.2) is 0 Å². The molecule has 0 aromatic heterocycles. The highest BCUT2D eigenvalue weighted by atomic mass is 32.1. The first kappa shape index (κ1) is 16.7. The smallest absolute Gasteiger partial charge is 0.222 e. The summed E-state index contributed by atoms with van der Waals surface area (Å²) >= 11 is 5.15. The zero-order valence-corrected chi connectivity index (χ0v) is 14.3. The predicted molar refractivity (Wildman–Crippen MR) is 90.2 cm³/mol. The normalized spacial score (nSPS) is 21.7. The van der Waals surface area contributed by atoms with Gasteiger partial charge in [-0.25, -0.2) is 0 Å². The number of hydrogen-bond donors (Lipinski definition) is 1. The molecule has 0 aromatic rings. The van der Waals surface area contributed by atoms with Gasteiger partial charge in [0.2, 0.25) is 5.91 Å². The summed E-state index contributed by atoms with van der Waals surface area (Å²) < 4.78 is 0. The number of piperazine rings is 1. The summed E-state index contributed by atoms with van der Waals surface area (Å²) in [6, 6.07) is 0. The van der Waals surface area contributed by atoms with Crippen LogP contribution in [-0.2, 0) is 4.79 Å². The van der Waals surface area contributed by atoms with Crippen LogP contribution in [0.5, 0.6) is 0 Å². The molecule has 1 heterocycles. The standard InChI is InChI=1S/C16H29N3OS/c1-16(2,15(17)21)19-11-9-18(10-12-19)14(20)8-7-13-5-3-4-6-13/h13H,3-12H2,1-2H3,(H2,17,21). The first-order valence-corrected chi connectivity index (χ1v) is 8.65. The molecule has 1 saturated carbocycles. The van der Waals surface area contributed by atoms with Crippen LogP contribution in [0.1, 0.15) is 52.4 Å². The Morgan fingerprint density at radius 2 is 1.76 bits per heavy atom. The molecule has 0 aromatic carbocycles. The Morgan fingerprint density at radius 1 is 1.19 bits per heavy atom. The van der Waals surface area contributed by atoms with Gasteiger partial charge in [-0.1, -0.05) is 37.9 Å². The van der Waals surface area contributed by atoms with Gasteiger partial charge >= 0.3 is 0 Å². The molecule has 0 atom stereocenters. The Hall–Kier alpha value is -0.680. The summed E-state index contributed by atoms with van der Waals surface area (Å²) in [5, 5.41) is 0. The van der Waals surface area contributed by atoms with Crippen molar-refractivity contribution in [2.45, 2.75) is 57.9 Å². The fraction of sp³-hybridized carbons (Fsp3) is 0.875. The number of hydrogen-bond acceptors (Lipinski definition) is 3. The van der Waals surface area contributed by atoms with Crippen molar-refractivity contribution in [1.29, 1.82) is 0 Å². The molecule has 5 heteroatoms. The van der Waals surface area contributed by atoms with Gasteiger partial charge < -0.3 is 10.6 Å². The van der Waals surface area contributed by atoms with Crippen molar-refractivity contribution >= 4 is 23.1 Å². The van der Waals surface area contributed by atoms with Gasteiger partial charge in [-0.2, -0.15) is 0 Å². The molecule has 120 valence electrons. The summed E-state index contributed by atoms with van der Waals surface area (Å²) in [5.74, 6) is 1.12. The third-order valence-corrected chi connectivity index (χ3v) is 5.77. The minimum atomic E-state index is -0.256. The number of carbonyl (C=O) groups is 1. The molecule has 0 spiro atoms. The highest BCUT2D eigenvalue weighted by Gasteiger charge is 2.33. The fourth-order valence-corrected chi connectivity index (χ4v) is 3.58. The Balaban J connectivity index is 1.75. The van der Waals surface area contributed by atoms with Crippen LogP contribution in [-0.4, -0.2) is 52.4 Å². The maximum atomic E-state index is 12.3. The predicted octanol–water partition coefficient (Wildman–Crippen LogP) is 2.17. The molecule has 2 aliphatic rings. The number of thiocarbonyl (C=S) groups is 1. The third-order valence-electron chi connectivity index (χ3n) is 5.27. The highest BCUT2D eigenvalue weighted by molar-refractivity contribution is 7.80. The molecule has 1 aliphatic carbocycles. The highest BCUT2D eigenvalue weighted by Crippen LogP contribution is 2.28. The molecule has 2 N–H and O–H groups in total. The quantitative estimate of drug-likeness (QED) is 0.791. The molecular formula is C16H29N3OS. The van der Waals surface area contributed by atoms with Gasteiger partial charge in [-0.15, -0.1) is 0 Å². The van der Waals surface area contributed by atoms with Crippen molar-refractivity contribution in [2.24, 2.45) is 11.7 Å². The van der Waals surface area contributed by atoms with Crippen LogP contribution in [0.2, 0.25) is 0 Å². The lowest BCUT2D eigenvalue weighted by atomic mass is 10.0. The van der Waals surface area contributed by atoms with Crippen molar-refractivity contribution in [3.63, 3.8) is 0 Å². The Labute approximate surface area is 134 Å². The van der Waals surface area contributed by atoms with Crippen LogP contribution in [0.3, 0.4) is 0 Å². The van der Waals surface area contributed by atoms with Crippen LogP contribution < -0.4 is 5.73 Å². The lowest BCUT2D eigenvalue weighted by molar-refractivity contribution is -0.133. The van der Waals surface area contributed by atoms with E-state index in [1.54, 1.807) is 0 Å². The van der Waals surface area contributed by atoms with Gasteiger partial charge in [-0.3, -0.25) is 9.69 Å². The zero-order chi connectivity index (χ0) is 15.5. The van der Waals surface area contributed by atoms with Crippen LogP contribution >= 0.6 is 12.2 Å². The van der Waals surface area contributed by atoms with Gasteiger partial charge in [0, 0.05) is 32.6 Å². The van der Waals surface area contributed by atoms with E-state index in [-0.39, 0.29) is 5.54 Å². The van der Waals surface area contributed by atoms with Crippen molar-refractivity contribution in [2.75, 3.05) is 26.2 Å². The molecule has 1 aliphatic heterocycles. The molecule has 1 amide bonds. The maximum Gasteiger partial charge on any atom is 0.222 e. The summed E-state index contributed by atoms with van der Waals surface area (Å²) in [6.07, 6.45) is 7.16. The van der Waals surface area contributed by atoms with E-state index in [0.29, 0.717) is 10.9 Å². The minimum Gasteiger partial charge on any atom is -0.392 e. The average Bonchev–Trinajstić information content (AvgIpc) is 2.98. The fourth-order valence-electron chi connectivity index (χ4n) is 3.46. The average molecular weight is 311 g/mol. The number of amides is 1. The van der Waals surface area contributed by atoms with Gasteiger partial charge in [0.25, 0.3) is 0 Å². The monoisotopic (exact) mass is 311 g/mol. The van der Waals surface area contributed by atoms with Gasteiger partial charge in [0.05, 0.1) is 10.5 Å². The number of carbonyl (C=O) groups excluding carboxylic acids is 1. The second-order valence-electron chi connectivity index (χ2n) is 6.98. The first-order chi connectivity index (χ1) is 9.91. The van der Waals surface area contributed by atoms with Crippen molar-refractivity contribution in [3.8, 4) is 0 Å². The molecule has 0 radical (unpaired) electrons. The van der Waals surface area contributed by atoms with Crippen molar-refractivity contribution in [3.05, 3.63) is 0 Å². The number of nitrogens with zero attached hydrogens (tertiary/aromatic N) is 2. The molecule has 2 rings (SSSR count). The molecule has 21 heavy (non-hydrogen) atoms. The molecule has 1 saturated heterocycles. The van der Waals surface area contributed by atoms with Gasteiger partial charge in [0.15, 0.2) is 0 Å². The van der Waals surface area contributed by atoms with E-state index in [1.807, 2.05) is 4.90 Å². The van der Waals surface area contributed by atoms with Crippen molar-refractivity contribution in [1.82, 2.24) is 9.80 Å². The number of nitrogens with two attached hydrogens (primary N) is 1. The summed E-state index contributed by atoms with van der Waals surface area (Å²) in [7, 11) is 0. The van der Waals surface area contributed by atoms with E-state index in [0.717, 1.165) is 44.9 Å². The first-order valence-electron chi connectivity index (χ1n) is 8.24. The molecule has 4 nitrogen and oxygen atoms in total. The lowest BCUT2D eigenvalue weighted by Crippen LogP contribution is -2.59. The van der Waals surface area contributed by atoms with Crippen LogP contribution in [0, 0.1) is 5.92 Å². The zero-order valence-electron chi connectivity index (χ0n) is 13.4. The molecule has 0 unspecified atom stereocenters. The molecular weight excluding hydrogens is 282 g/mol. The largest absolute Gasteiger partial charge is 0.392 e. The molecule has 2 fully saturated rings. The Morgan fingerprint density at radius 3 is 2.29 bits per heavy atom. The van der Waals surface area contributed by atoms with Crippen LogP contribution in [0.4, 0.5) is 0 Å². The van der Waals surface area contributed by atoms with E-state index in [2.05, 4.69) is 18.7 Å². The van der Waals surface area contributed by atoms with E-state index >= 15 is 0 Å². The Kier molecular flexibility index (Phi) is 5.60. The maximum absolute atomic E-state index is 12.3. The van der Waals surface area contributed by atoms with E-state index in [4.69, 9.17) is 18.0 Å². The summed E-state index contributed by atoms with van der Waals surface area (Å²) in [6.45, 7) is 7.45. The van der Waals surface area contributed by atoms with Gasteiger partial charge in [-0.05, 0) is 26.2 Å². The molecule has 0 bridgehead atoms. The van der Waals surface area contributed by atoms with E-state index in [9.17, 15) is 4.79 Å². The van der Waals surface area contributed by atoms with Crippen LogP contribution in [0.25, 0.3) is 0 Å².